The van der Waals surface area contributed by atoms with E-state index < -0.39 is 12.1 Å². The topological polar surface area (TPSA) is 64.7 Å². The molecule has 0 aromatic heterocycles. The van der Waals surface area contributed by atoms with Gasteiger partial charge in [-0.3, -0.25) is 0 Å². The lowest BCUT2D eigenvalue weighted by atomic mass is 9.96. The molecule has 2 aromatic carbocycles. The molecule has 0 saturated carbocycles. The van der Waals surface area contributed by atoms with Gasteiger partial charge < -0.3 is 20.3 Å². The summed E-state index contributed by atoms with van der Waals surface area (Å²) < 4.78 is 10.8. The van der Waals surface area contributed by atoms with Gasteiger partial charge in [0.15, 0.2) is 11.5 Å². The monoisotopic (exact) mass is 337 g/mol. The van der Waals surface area contributed by atoms with Gasteiger partial charge in [-0.1, -0.05) is 36.4 Å². The second-order valence-electron chi connectivity index (χ2n) is 5.13. The van der Waals surface area contributed by atoms with Crippen molar-refractivity contribution < 1.29 is 14.6 Å². The SMILES string of the molecule is CCOc1ccc([C@H](N)[C@H](O)Cc2ccccc2)cc1OC.Cl. The summed E-state index contributed by atoms with van der Waals surface area (Å²) in [6.07, 6.45) is -0.151. The van der Waals surface area contributed by atoms with Crippen molar-refractivity contribution in [1.82, 2.24) is 0 Å². The third-order valence-electron chi connectivity index (χ3n) is 3.57. The summed E-state index contributed by atoms with van der Waals surface area (Å²) in [4.78, 5) is 0. The number of aliphatic hydroxyl groups is 1. The molecule has 0 heterocycles. The maximum atomic E-state index is 10.4. The molecule has 0 saturated heterocycles. The van der Waals surface area contributed by atoms with Crippen LogP contribution in [0.2, 0.25) is 0 Å². The fourth-order valence-electron chi connectivity index (χ4n) is 2.37. The van der Waals surface area contributed by atoms with Gasteiger partial charge in [-0.2, -0.15) is 0 Å². The fraction of sp³-hybridized carbons (Fsp3) is 0.333. The number of hydrogen-bond donors (Lipinski definition) is 2. The maximum absolute atomic E-state index is 10.4. The van der Waals surface area contributed by atoms with E-state index in [1.54, 1.807) is 7.11 Å². The summed E-state index contributed by atoms with van der Waals surface area (Å²) in [6.45, 7) is 2.49. The molecule has 4 nitrogen and oxygen atoms in total. The van der Waals surface area contributed by atoms with Crippen molar-refractivity contribution in [3.05, 3.63) is 59.7 Å². The van der Waals surface area contributed by atoms with E-state index >= 15 is 0 Å². The lowest BCUT2D eigenvalue weighted by Crippen LogP contribution is -2.28. The van der Waals surface area contributed by atoms with Crippen LogP contribution in [-0.2, 0) is 6.42 Å². The Morgan fingerprint density at radius 2 is 1.78 bits per heavy atom. The summed E-state index contributed by atoms with van der Waals surface area (Å²) in [6, 6.07) is 14.9. The Morgan fingerprint density at radius 3 is 2.39 bits per heavy atom. The van der Waals surface area contributed by atoms with Crippen LogP contribution >= 0.6 is 12.4 Å². The first-order valence-corrected chi connectivity index (χ1v) is 7.44. The van der Waals surface area contributed by atoms with Gasteiger partial charge in [-0.25, -0.2) is 0 Å². The fourth-order valence-corrected chi connectivity index (χ4v) is 2.37. The molecule has 0 fully saturated rings. The van der Waals surface area contributed by atoms with Gasteiger partial charge in [0.05, 0.1) is 25.9 Å². The molecule has 0 aliphatic carbocycles. The van der Waals surface area contributed by atoms with Crippen LogP contribution in [-0.4, -0.2) is 24.9 Å². The summed E-state index contributed by atoms with van der Waals surface area (Å²) >= 11 is 0. The largest absolute Gasteiger partial charge is 0.493 e. The number of halogens is 1. The van der Waals surface area contributed by atoms with Crippen LogP contribution in [0.15, 0.2) is 48.5 Å². The Labute approximate surface area is 143 Å². The first-order chi connectivity index (χ1) is 10.7. The molecule has 2 rings (SSSR count). The standard InChI is InChI=1S/C18H23NO3.ClH/c1-3-22-16-10-9-14(12-17(16)21-2)18(19)15(20)11-13-7-5-4-6-8-13;/h4-10,12,15,18,20H,3,11,19H2,1-2H3;1H/t15-,18+;/m1./s1. The molecule has 3 N–H and O–H groups in total. The minimum Gasteiger partial charge on any atom is -0.493 e. The quantitative estimate of drug-likeness (QED) is 0.814. The average Bonchev–Trinajstić information content (AvgIpc) is 2.55. The number of nitrogens with two attached hydrogens (primary N) is 1. The van der Waals surface area contributed by atoms with Crippen LogP contribution in [0.25, 0.3) is 0 Å². The molecule has 5 heteroatoms. The highest BCUT2D eigenvalue weighted by atomic mass is 35.5. The summed E-state index contributed by atoms with van der Waals surface area (Å²) in [5, 5.41) is 10.4. The summed E-state index contributed by atoms with van der Waals surface area (Å²) in [7, 11) is 1.59. The van der Waals surface area contributed by atoms with E-state index in [2.05, 4.69) is 0 Å². The zero-order valence-corrected chi connectivity index (χ0v) is 14.3. The molecule has 0 aliphatic heterocycles. The first-order valence-electron chi connectivity index (χ1n) is 7.44. The minimum atomic E-state index is -0.662. The molecule has 2 aromatic rings. The lowest BCUT2D eigenvalue weighted by molar-refractivity contribution is 0.145. The van der Waals surface area contributed by atoms with Gasteiger partial charge in [0.2, 0.25) is 0 Å². The zero-order chi connectivity index (χ0) is 15.9. The highest BCUT2D eigenvalue weighted by Gasteiger charge is 2.19. The molecule has 2 atom stereocenters. The smallest absolute Gasteiger partial charge is 0.161 e. The second-order valence-corrected chi connectivity index (χ2v) is 5.13. The minimum absolute atomic E-state index is 0. The molecule has 0 unspecified atom stereocenters. The summed E-state index contributed by atoms with van der Waals surface area (Å²) in [5.74, 6) is 1.31. The van der Waals surface area contributed by atoms with Crippen molar-refractivity contribution >= 4 is 12.4 Å². The third kappa shape index (κ3) is 5.13. The Morgan fingerprint density at radius 1 is 1.09 bits per heavy atom. The Bertz CT molecular complexity index is 592. The Kier molecular flexibility index (Phi) is 7.89. The van der Waals surface area contributed by atoms with E-state index in [9.17, 15) is 5.11 Å². The number of hydrogen-bond acceptors (Lipinski definition) is 4. The molecular weight excluding hydrogens is 314 g/mol. The van der Waals surface area contributed by atoms with Crippen LogP contribution < -0.4 is 15.2 Å². The zero-order valence-electron chi connectivity index (χ0n) is 13.4. The third-order valence-corrected chi connectivity index (χ3v) is 3.57. The van der Waals surface area contributed by atoms with Crippen molar-refractivity contribution in [2.45, 2.75) is 25.5 Å². The van der Waals surface area contributed by atoms with Crippen LogP contribution in [0.3, 0.4) is 0 Å². The van der Waals surface area contributed by atoms with Crippen molar-refractivity contribution in [3.8, 4) is 11.5 Å². The van der Waals surface area contributed by atoms with E-state index in [4.69, 9.17) is 15.2 Å². The molecule has 126 valence electrons. The molecular formula is C18H24ClNO3. The van der Waals surface area contributed by atoms with E-state index in [-0.39, 0.29) is 12.4 Å². The molecule has 0 spiro atoms. The molecule has 0 bridgehead atoms. The molecule has 23 heavy (non-hydrogen) atoms. The van der Waals surface area contributed by atoms with Gasteiger partial charge >= 0.3 is 0 Å². The molecule has 0 radical (unpaired) electrons. The van der Waals surface area contributed by atoms with E-state index in [1.807, 2.05) is 55.5 Å². The number of benzene rings is 2. The van der Waals surface area contributed by atoms with Crippen molar-refractivity contribution in [2.24, 2.45) is 5.73 Å². The van der Waals surface area contributed by atoms with E-state index in [0.29, 0.717) is 24.5 Å². The number of aliphatic hydroxyl groups excluding tert-OH is 1. The normalized spacial score (nSPS) is 12.9. The predicted octanol–water partition coefficient (Wildman–Crippen LogP) is 3.12. The van der Waals surface area contributed by atoms with Gasteiger partial charge in [0, 0.05) is 6.42 Å². The highest BCUT2D eigenvalue weighted by molar-refractivity contribution is 5.85. The van der Waals surface area contributed by atoms with E-state index in [1.165, 1.54) is 0 Å². The predicted molar refractivity (Wildman–Crippen MR) is 94.5 cm³/mol. The number of rotatable bonds is 7. The van der Waals surface area contributed by atoms with Crippen LogP contribution in [0.4, 0.5) is 0 Å². The van der Waals surface area contributed by atoms with Crippen LogP contribution in [0.1, 0.15) is 24.1 Å². The maximum Gasteiger partial charge on any atom is 0.161 e. The van der Waals surface area contributed by atoms with E-state index in [0.717, 1.165) is 11.1 Å². The van der Waals surface area contributed by atoms with Gasteiger partial charge in [-0.05, 0) is 30.2 Å². The van der Waals surface area contributed by atoms with Crippen LogP contribution in [0.5, 0.6) is 11.5 Å². The Hall–Kier alpha value is -1.75. The van der Waals surface area contributed by atoms with Crippen molar-refractivity contribution in [3.63, 3.8) is 0 Å². The van der Waals surface area contributed by atoms with Gasteiger partial charge in [0.1, 0.15) is 0 Å². The number of methoxy groups -OCH3 is 1. The van der Waals surface area contributed by atoms with Gasteiger partial charge in [-0.15, -0.1) is 12.4 Å². The van der Waals surface area contributed by atoms with Gasteiger partial charge in [0.25, 0.3) is 0 Å². The van der Waals surface area contributed by atoms with Crippen molar-refractivity contribution in [1.29, 1.82) is 0 Å². The molecule has 0 amide bonds. The molecule has 0 aliphatic rings. The van der Waals surface area contributed by atoms with Crippen LogP contribution in [0, 0.1) is 0 Å². The highest BCUT2D eigenvalue weighted by Crippen LogP contribution is 2.31. The second kappa shape index (κ2) is 9.40. The summed E-state index contributed by atoms with van der Waals surface area (Å²) in [5.41, 5.74) is 8.07. The number of ether oxygens (including phenoxy) is 2. The average molecular weight is 338 g/mol. The lowest BCUT2D eigenvalue weighted by Gasteiger charge is -2.20. The van der Waals surface area contributed by atoms with Crippen molar-refractivity contribution in [2.75, 3.05) is 13.7 Å². The first kappa shape index (κ1) is 19.3. The Balaban J connectivity index is 0.00000264.